The summed E-state index contributed by atoms with van der Waals surface area (Å²) in [5, 5.41) is 16.5. The molecule has 0 amide bonds. The van der Waals surface area contributed by atoms with E-state index in [2.05, 4.69) is 45.5 Å². The molecule has 0 bridgehead atoms. The maximum Gasteiger partial charge on any atom is 0.226 e. The van der Waals surface area contributed by atoms with Crippen LogP contribution in [-0.4, -0.2) is 36.8 Å². The number of aromatic nitrogens is 4. The third kappa shape index (κ3) is 4.51. The van der Waals surface area contributed by atoms with Gasteiger partial charge >= 0.3 is 0 Å². The molecule has 0 unspecified atom stereocenters. The number of benzene rings is 1. The quantitative estimate of drug-likeness (QED) is 0.464. The second kappa shape index (κ2) is 7.63. The Morgan fingerprint density at radius 3 is 2.64 bits per heavy atom. The zero-order valence-corrected chi connectivity index (χ0v) is 17.1. The highest BCUT2D eigenvalue weighted by atomic mass is 16.3. The minimum atomic E-state index is -0.875. The number of hydrogen-bond donors (Lipinski definition) is 4. The van der Waals surface area contributed by atoms with Crippen molar-refractivity contribution >= 4 is 28.6 Å². The van der Waals surface area contributed by atoms with Gasteiger partial charge in [0.1, 0.15) is 0 Å². The van der Waals surface area contributed by atoms with E-state index in [0.717, 1.165) is 22.5 Å². The topological polar surface area (TPSA) is 114 Å². The first-order valence-corrected chi connectivity index (χ1v) is 9.44. The van der Waals surface area contributed by atoms with Crippen LogP contribution in [0.3, 0.4) is 0 Å². The molecule has 150 valence electrons. The molecule has 3 rings (SSSR count). The lowest BCUT2D eigenvalue weighted by Gasteiger charge is -2.18. The van der Waals surface area contributed by atoms with E-state index in [4.69, 9.17) is 5.73 Å². The fourth-order valence-electron chi connectivity index (χ4n) is 2.86. The normalized spacial score (nSPS) is 12.0. The van der Waals surface area contributed by atoms with Crippen molar-refractivity contribution in [1.29, 1.82) is 0 Å². The molecule has 0 fully saturated rings. The Balaban J connectivity index is 1.95. The number of anilines is 3. The van der Waals surface area contributed by atoms with Crippen molar-refractivity contribution in [2.24, 2.45) is 0 Å². The van der Waals surface area contributed by atoms with Crippen molar-refractivity contribution in [1.82, 2.24) is 19.5 Å². The van der Waals surface area contributed by atoms with Crippen molar-refractivity contribution in [3.8, 4) is 0 Å². The second-order valence-electron chi connectivity index (χ2n) is 8.04. The summed E-state index contributed by atoms with van der Waals surface area (Å²) >= 11 is 0. The predicted molar refractivity (Wildman–Crippen MR) is 113 cm³/mol. The average molecular weight is 384 g/mol. The zero-order chi connectivity index (χ0) is 20.5. The molecule has 0 saturated heterocycles. The van der Waals surface area contributed by atoms with E-state index in [1.165, 1.54) is 0 Å². The van der Waals surface area contributed by atoms with Crippen molar-refractivity contribution < 1.29 is 5.11 Å². The van der Waals surface area contributed by atoms with Gasteiger partial charge in [-0.25, -0.2) is 4.98 Å². The Hall–Kier alpha value is -2.87. The highest BCUT2D eigenvalue weighted by Gasteiger charge is 2.17. The van der Waals surface area contributed by atoms with Crippen LogP contribution in [0.25, 0.3) is 11.2 Å². The molecule has 0 aliphatic heterocycles. The summed E-state index contributed by atoms with van der Waals surface area (Å²) in [4.78, 5) is 13.7. The molecule has 2 heterocycles. The summed E-state index contributed by atoms with van der Waals surface area (Å²) in [7, 11) is 0. The molecule has 0 aliphatic carbocycles. The lowest BCUT2D eigenvalue weighted by molar-refractivity contribution is 0.0943. The Kier molecular flexibility index (Phi) is 5.42. The minimum Gasteiger partial charge on any atom is -0.398 e. The van der Waals surface area contributed by atoms with Gasteiger partial charge in [0.2, 0.25) is 5.95 Å². The molecular weight excluding hydrogens is 354 g/mol. The minimum absolute atomic E-state index is 0.210. The Labute approximate surface area is 165 Å². The molecule has 0 spiro atoms. The summed E-state index contributed by atoms with van der Waals surface area (Å²) in [6.07, 6.45) is 1.77. The molecule has 28 heavy (non-hydrogen) atoms. The van der Waals surface area contributed by atoms with Crippen LogP contribution in [0.4, 0.5) is 17.5 Å². The van der Waals surface area contributed by atoms with Gasteiger partial charge in [-0.05, 0) is 46.2 Å². The Bertz CT molecular complexity index is 973. The molecule has 5 N–H and O–H groups in total. The summed E-state index contributed by atoms with van der Waals surface area (Å²) in [5.74, 6) is 1.07. The zero-order valence-electron chi connectivity index (χ0n) is 17.1. The largest absolute Gasteiger partial charge is 0.398 e. The molecule has 8 heteroatoms. The number of hydrogen-bond acceptors (Lipinski definition) is 7. The van der Waals surface area contributed by atoms with Gasteiger partial charge in [-0.3, -0.25) is 0 Å². The molecule has 0 saturated carbocycles. The average Bonchev–Trinajstić information content (AvgIpc) is 3.04. The van der Waals surface area contributed by atoms with Crippen LogP contribution in [0.5, 0.6) is 0 Å². The van der Waals surface area contributed by atoms with E-state index in [9.17, 15) is 5.11 Å². The van der Waals surface area contributed by atoms with Gasteiger partial charge in [0.25, 0.3) is 0 Å². The van der Waals surface area contributed by atoms with Crippen LogP contribution in [-0.2, 0) is 6.54 Å². The van der Waals surface area contributed by atoms with Gasteiger partial charge < -0.3 is 26.0 Å². The van der Waals surface area contributed by atoms with Crippen LogP contribution < -0.4 is 16.4 Å². The van der Waals surface area contributed by atoms with E-state index in [0.29, 0.717) is 30.4 Å². The number of nitrogens with two attached hydrogens (primary N) is 1. The van der Waals surface area contributed by atoms with Crippen LogP contribution in [0.2, 0.25) is 0 Å². The molecule has 0 aliphatic rings. The highest BCUT2D eigenvalue weighted by Crippen LogP contribution is 2.25. The van der Waals surface area contributed by atoms with Crippen molar-refractivity contribution in [3.63, 3.8) is 0 Å². The third-order valence-electron chi connectivity index (χ3n) is 4.40. The van der Waals surface area contributed by atoms with E-state index < -0.39 is 5.60 Å². The number of aliphatic hydroxyl groups is 1. The van der Waals surface area contributed by atoms with E-state index >= 15 is 0 Å². The van der Waals surface area contributed by atoms with Gasteiger partial charge in [-0.15, -0.1) is 0 Å². The third-order valence-corrected chi connectivity index (χ3v) is 4.40. The first kappa shape index (κ1) is 19.9. The van der Waals surface area contributed by atoms with E-state index in [-0.39, 0.29) is 6.04 Å². The van der Waals surface area contributed by atoms with Gasteiger partial charge in [0, 0.05) is 24.8 Å². The van der Waals surface area contributed by atoms with Gasteiger partial charge in [-0.2, -0.15) is 9.97 Å². The maximum absolute atomic E-state index is 10.0. The predicted octanol–water partition coefficient (Wildman–Crippen LogP) is 3.09. The number of rotatable bonds is 7. The molecule has 2 aromatic heterocycles. The number of aryl methyl sites for hydroxylation is 1. The second-order valence-corrected chi connectivity index (χ2v) is 8.04. The molecule has 8 nitrogen and oxygen atoms in total. The van der Waals surface area contributed by atoms with Crippen molar-refractivity contribution in [2.45, 2.75) is 52.8 Å². The SMILES string of the molecule is Cc1ccc(N)c(CNc2nc(NCC(C)(C)O)nc3c2ncn3C(C)C)c1. The van der Waals surface area contributed by atoms with Crippen molar-refractivity contribution in [3.05, 3.63) is 35.7 Å². The standard InChI is InChI=1S/C20H29N7O/c1-12(2)27-11-24-16-17(22-9-14-8-13(3)6-7-15(14)21)25-19(26-18(16)27)23-10-20(4,5)28/h6-8,11-12,28H,9-10,21H2,1-5H3,(H2,22,23,25,26). The summed E-state index contributed by atoms with van der Waals surface area (Å²) < 4.78 is 2.00. The van der Waals surface area contributed by atoms with Crippen LogP contribution >= 0.6 is 0 Å². The molecular formula is C20H29N7O. The number of nitrogen functional groups attached to an aromatic ring is 1. The molecule has 0 radical (unpaired) electrons. The van der Waals surface area contributed by atoms with Gasteiger partial charge in [0.05, 0.1) is 11.9 Å². The first-order chi connectivity index (χ1) is 13.1. The van der Waals surface area contributed by atoms with Crippen LogP contribution in [0.15, 0.2) is 24.5 Å². The van der Waals surface area contributed by atoms with Gasteiger partial charge in [0.15, 0.2) is 17.0 Å². The number of nitrogens with zero attached hydrogens (tertiary/aromatic N) is 4. The number of fused-ring (bicyclic) bond motifs is 1. The fraction of sp³-hybridized carbons (Fsp3) is 0.450. The van der Waals surface area contributed by atoms with E-state index in [1.54, 1.807) is 20.2 Å². The summed E-state index contributed by atoms with van der Waals surface area (Å²) in [6.45, 7) is 10.5. The summed E-state index contributed by atoms with van der Waals surface area (Å²) in [5.41, 5.74) is 9.55. The first-order valence-electron chi connectivity index (χ1n) is 9.44. The van der Waals surface area contributed by atoms with Gasteiger partial charge in [-0.1, -0.05) is 17.7 Å². The highest BCUT2D eigenvalue weighted by molar-refractivity contribution is 5.84. The molecule has 3 aromatic rings. The van der Waals surface area contributed by atoms with Crippen LogP contribution in [0.1, 0.15) is 44.9 Å². The smallest absolute Gasteiger partial charge is 0.226 e. The summed E-state index contributed by atoms with van der Waals surface area (Å²) in [6, 6.07) is 6.17. The Morgan fingerprint density at radius 2 is 1.96 bits per heavy atom. The maximum atomic E-state index is 10.0. The Morgan fingerprint density at radius 1 is 1.21 bits per heavy atom. The molecule has 1 aromatic carbocycles. The fourth-order valence-corrected chi connectivity index (χ4v) is 2.86. The monoisotopic (exact) mass is 383 g/mol. The lowest BCUT2D eigenvalue weighted by atomic mass is 10.1. The van der Waals surface area contributed by atoms with E-state index in [1.807, 2.05) is 23.6 Å². The van der Waals surface area contributed by atoms with Crippen LogP contribution in [0, 0.1) is 6.92 Å². The number of imidazole rings is 1. The number of nitrogens with one attached hydrogen (secondary N) is 2. The van der Waals surface area contributed by atoms with Crippen molar-refractivity contribution in [2.75, 3.05) is 22.9 Å². The lowest BCUT2D eigenvalue weighted by Crippen LogP contribution is -2.30. The molecule has 0 atom stereocenters.